The summed E-state index contributed by atoms with van der Waals surface area (Å²) >= 11 is 0. The second kappa shape index (κ2) is 7.78. The number of carbonyl (C=O) groups excluding carboxylic acids is 2. The lowest BCUT2D eigenvalue weighted by molar-refractivity contribution is -0.130. The molecule has 2 aromatic rings. The van der Waals surface area contributed by atoms with Crippen molar-refractivity contribution >= 4 is 11.9 Å². The summed E-state index contributed by atoms with van der Waals surface area (Å²) < 4.78 is 24.7. The van der Waals surface area contributed by atoms with Gasteiger partial charge in [0.15, 0.2) is 0 Å². The zero-order valence-corrected chi connectivity index (χ0v) is 14.9. The molecule has 0 atom stereocenters. The minimum atomic E-state index is -0.614. The first kappa shape index (κ1) is 19.1. The Morgan fingerprint density at radius 3 is 1.73 bits per heavy atom. The van der Waals surface area contributed by atoms with Crippen molar-refractivity contribution in [1.82, 2.24) is 0 Å². The Balaban J connectivity index is 2.28. The molecule has 0 aliphatic rings. The lowest BCUT2D eigenvalue weighted by Crippen LogP contribution is -2.08. The van der Waals surface area contributed by atoms with Gasteiger partial charge in [-0.05, 0) is 56.2 Å². The van der Waals surface area contributed by atoms with E-state index in [0.717, 1.165) is 11.6 Å². The molecule has 2 aromatic carbocycles. The number of hydrogen-bond acceptors (Lipinski definition) is 4. The van der Waals surface area contributed by atoms with Gasteiger partial charge >= 0.3 is 11.9 Å². The van der Waals surface area contributed by atoms with Crippen molar-refractivity contribution in [2.75, 3.05) is 0 Å². The van der Waals surface area contributed by atoms with Crippen molar-refractivity contribution in [3.63, 3.8) is 0 Å². The van der Waals surface area contributed by atoms with Crippen LogP contribution in [0.15, 0.2) is 60.7 Å². The van der Waals surface area contributed by atoms with Crippen molar-refractivity contribution in [2.24, 2.45) is 0 Å². The van der Waals surface area contributed by atoms with Crippen LogP contribution >= 0.6 is 0 Å². The Morgan fingerprint density at radius 2 is 1.31 bits per heavy atom. The van der Waals surface area contributed by atoms with Crippen LogP contribution in [-0.4, -0.2) is 11.9 Å². The van der Waals surface area contributed by atoms with Crippen LogP contribution in [0.2, 0.25) is 0 Å². The van der Waals surface area contributed by atoms with Crippen LogP contribution in [-0.2, 0) is 9.59 Å². The highest BCUT2D eigenvalue weighted by Crippen LogP contribution is 2.31. The molecule has 0 aromatic heterocycles. The molecule has 0 saturated carbocycles. The van der Waals surface area contributed by atoms with Crippen LogP contribution in [0.1, 0.15) is 19.4 Å². The highest BCUT2D eigenvalue weighted by atomic mass is 19.1. The monoisotopic (exact) mass is 354 g/mol. The predicted octanol–water partition coefficient (Wildman–Crippen LogP) is 4.76. The molecule has 0 radical (unpaired) electrons. The number of rotatable bonds is 5. The number of hydrogen-bond donors (Lipinski definition) is 0. The summed E-state index contributed by atoms with van der Waals surface area (Å²) in [6, 6.07) is 9.06. The number of carbonyl (C=O) groups is 2. The van der Waals surface area contributed by atoms with E-state index in [-0.39, 0.29) is 16.9 Å². The lowest BCUT2D eigenvalue weighted by Gasteiger charge is -2.11. The summed E-state index contributed by atoms with van der Waals surface area (Å²) in [6.07, 6.45) is 0. The predicted molar refractivity (Wildman–Crippen MR) is 97.5 cm³/mol. The van der Waals surface area contributed by atoms with E-state index in [1.807, 2.05) is 0 Å². The second-order valence-electron chi connectivity index (χ2n) is 5.96. The maximum absolute atomic E-state index is 14.5. The molecule has 0 aliphatic heterocycles. The lowest BCUT2D eigenvalue weighted by atomic mass is 9.99. The molecule has 0 heterocycles. The summed E-state index contributed by atoms with van der Waals surface area (Å²) in [5, 5.41) is 0. The molecule has 5 heteroatoms. The van der Waals surface area contributed by atoms with E-state index in [1.165, 1.54) is 19.1 Å². The van der Waals surface area contributed by atoms with Crippen molar-refractivity contribution in [3.05, 3.63) is 72.1 Å². The highest BCUT2D eigenvalue weighted by molar-refractivity contribution is 5.89. The fourth-order valence-electron chi connectivity index (χ4n) is 2.17. The van der Waals surface area contributed by atoms with E-state index in [0.29, 0.717) is 16.9 Å². The van der Waals surface area contributed by atoms with E-state index in [2.05, 4.69) is 13.2 Å². The van der Waals surface area contributed by atoms with Crippen LogP contribution < -0.4 is 9.47 Å². The van der Waals surface area contributed by atoms with Crippen molar-refractivity contribution in [2.45, 2.75) is 20.8 Å². The molecule has 134 valence electrons. The second-order valence-corrected chi connectivity index (χ2v) is 5.96. The average Bonchev–Trinajstić information content (AvgIpc) is 2.55. The van der Waals surface area contributed by atoms with Crippen molar-refractivity contribution in [1.29, 1.82) is 0 Å². The Kier molecular flexibility index (Phi) is 5.72. The van der Waals surface area contributed by atoms with Crippen molar-refractivity contribution in [3.8, 4) is 22.6 Å². The maximum atomic E-state index is 14.5. The molecule has 0 N–H and O–H groups in total. The summed E-state index contributed by atoms with van der Waals surface area (Å²) in [5.74, 6) is -1.22. The van der Waals surface area contributed by atoms with Crippen LogP contribution in [0.25, 0.3) is 11.1 Å². The van der Waals surface area contributed by atoms with Crippen LogP contribution in [0.3, 0.4) is 0 Å². The molecule has 0 saturated heterocycles. The number of aryl methyl sites for hydroxylation is 1. The van der Waals surface area contributed by atoms with Gasteiger partial charge in [-0.15, -0.1) is 0 Å². The third-order valence-corrected chi connectivity index (χ3v) is 3.55. The summed E-state index contributed by atoms with van der Waals surface area (Å²) in [6.45, 7) is 11.9. The van der Waals surface area contributed by atoms with E-state index in [1.54, 1.807) is 32.0 Å². The topological polar surface area (TPSA) is 52.6 Å². The molecule has 0 fully saturated rings. The van der Waals surface area contributed by atoms with Gasteiger partial charge in [-0.25, -0.2) is 14.0 Å². The quantitative estimate of drug-likeness (QED) is 0.441. The number of esters is 2. The van der Waals surface area contributed by atoms with Gasteiger partial charge in [0.05, 0.1) is 0 Å². The normalized spacial score (nSPS) is 10.2. The summed E-state index contributed by atoms with van der Waals surface area (Å²) in [7, 11) is 0. The molecular formula is C21H19FO4. The molecule has 2 rings (SSSR count). The fraction of sp³-hybridized carbons (Fsp3) is 0.143. The van der Waals surface area contributed by atoms with E-state index >= 15 is 0 Å². The highest BCUT2D eigenvalue weighted by Gasteiger charge is 2.13. The first-order valence-electron chi connectivity index (χ1n) is 7.85. The van der Waals surface area contributed by atoms with Gasteiger partial charge in [-0.3, -0.25) is 0 Å². The SMILES string of the molecule is C=C(C)C(=O)Oc1ccc(-c2ccc(OC(=O)C(=C)C)cc2F)c(C)c1. The van der Waals surface area contributed by atoms with Gasteiger partial charge in [0.2, 0.25) is 0 Å². The fourth-order valence-corrected chi connectivity index (χ4v) is 2.17. The molecule has 0 unspecified atom stereocenters. The van der Waals surface area contributed by atoms with Gasteiger partial charge in [0.25, 0.3) is 0 Å². The minimum Gasteiger partial charge on any atom is -0.423 e. The number of benzene rings is 2. The Bertz CT molecular complexity index is 837. The van der Waals surface area contributed by atoms with Crippen LogP contribution in [0.4, 0.5) is 4.39 Å². The molecule has 0 amide bonds. The van der Waals surface area contributed by atoms with Gasteiger partial charge in [0.1, 0.15) is 17.3 Å². The zero-order chi connectivity index (χ0) is 19.4. The smallest absolute Gasteiger partial charge is 0.338 e. The third-order valence-electron chi connectivity index (χ3n) is 3.55. The third kappa shape index (κ3) is 4.45. The molecule has 0 aliphatic carbocycles. The maximum Gasteiger partial charge on any atom is 0.338 e. The Morgan fingerprint density at radius 1 is 0.846 bits per heavy atom. The number of ether oxygens (including phenoxy) is 2. The zero-order valence-electron chi connectivity index (χ0n) is 14.9. The molecule has 4 nitrogen and oxygen atoms in total. The Labute approximate surface area is 151 Å². The van der Waals surface area contributed by atoms with E-state index < -0.39 is 17.8 Å². The van der Waals surface area contributed by atoms with Gasteiger partial charge < -0.3 is 9.47 Å². The van der Waals surface area contributed by atoms with Crippen LogP contribution in [0.5, 0.6) is 11.5 Å². The first-order chi connectivity index (χ1) is 12.2. The summed E-state index contributed by atoms with van der Waals surface area (Å²) in [4.78, 5) is 23.1. The standard InChI is InChI=1S/C21H19FO4/c1-12(2)20(23)25-15-6-8-17(14(5)10-15)18-9-7-16(11-19(18)22)26-21(24)13(3)4/h6-11H,1,3H2,2,4-5H3. The summed E-state index contributed by atoms with van der Waals surface area (Å²) in [5.41, 5.74) is 2.22. The van der Waals surface area contributed by atoms with Gasteiger partial charge in [0, 0.05) is 22.8 Å². The largest absolute Gasteiger partial charge is 0.423 e. The number of halogens is 1. The molecular weight excluding hydrogens is 335 g/mol. The van der Waals surface area contributed by atoms with Crippen LogP contribution in [0, 0.1) is 12.7 Å². The molecule has 26 heavy (non-hydrogen) atoms. The average molecular weight is 354 g/mol. The Hall–Kier alpha value is -3.21. The van der Waals surface area contributed by atoms with E-state index in [4.69, 9.17) is 9.47 Å². The van der Waals surface area contributed by atoms with E-state index in [9.17, 15) is 14.0 Å². The minimum absolute atomic E-state index is 0.101. The van der Waals surface area contributed by atoms with Gasteiger partial charge in [-0.1, -0.05) is 19.2 Å². The first-order valence-corrected chi connectivity index (χ1v) is 7.85. The molecule has 0 bridgehead atoms. The van der Waals surface area contributed by atoms with Crippen molar-refractivity contribution < 1.29 is 23.5 Å². The van der Waals surface area contributed by atoms with Gasteiger partial charge in [-0.2, -0.15) is 0 Å². The molecule has 0 spiro atoms.